The van der Waals surface area contributed by atoms with E-state index in [1.165, 1.54) is 5.56 Å². The Morgan fingerprint density at radius 2 is 2.00 bits per heavy atom. The Morgan fingerprint density at radius 3 is 2.78 bits per heavy atom. The Hall–Kier alpha value is -2.79. The monoisotopic (exact) mass is 363 g/mol. The van der Waals surface area contributed by atoms with Crippen molar-refractivity contribution in [3.05, 3.63) is 59.4 Å². The smallest absolute Gasteiger partial charge is 0.155 e. The maximum absolute atomic E-state index is 6.24. The second-order valence-corrected chi connectivity index (χ2v) is 6.62. The van der Waals surface area contributed by atoms with Gasteiger partial charge in [0, 0.05) is 37.0 Å². The van der Waals surface area contributed by atoms with Gasteiger partial charge in [0.05, 0.1) is 0 Å². The van der Waals surface area contributed by atoms with Crippen LogP contribution in [0.4, 0.5) is 11.4 Å². The molecule has 5 heteroatoms. The van der Waals surface area contributed by atoms with E-state index in [1.54, 1.807) is 0 Å². The number of anilines is 1. The summed E-state index contributed by atoms with van der Waals surface area (Å²) in [7, 11) is 0. The minimum atomic E-state index is 0.495. The second-order valence-electron chi connectivity index (χ2n) is 6.62. The van der Waals surface area contributed by atoms with Crippen LogP contribution in [0.5, 0.6) is 11.5 Å². The number of fused-ring (bicyclic) bond motifs is 4. The molecule has 27 heavy (non-hydrogen) atoms. The highest BCUT2D eigenvalue weighted by Crippen LogP contribution is 2.40. The molecule has 0 fully saturated rings. The normalized spacial score (nSPS) is 14.2. The van der Waals surface area contributed by atoms with E-state index in [9.17, 15) is 0 Å². The van der Waals surface area contributed by atoms with Gasteiger partial charge in [0.15, 0.2) is 5.75 Å². The molecule has 1 heterocycles. The van der Waals surface area contributed by atoms with Gasteiger partial charge in [-0.1, -0.05) is 6.07 Å². The van der Waals surface area contributed by atoms with Crippen LogP contribution >= 0.6 is 0 Å². The Morgan fingerprint density at radius 1 is 1.15 bits per heavy atom. The summed E-state index contributed by atoms with van der Waals surface area (Å²) < 4.78 is 11.9. The fraction of sp³-hybridized carbons (Fsp3) is 0.318. The topological polar surface area (TPSA) is 60.1 Å². The lowest BCUT2D eigenvalue weighted by Gasteiger charge is -2.27. The molecule has 0 unspecified atom stereocenters. The molecule has 5 nitrogen and oxygen atoms in total. The summed E-state index contributed by atoms with van der Waals surface area (Å²) in [6, 6.07) is 12.3. The van der Waals surface area contributed by atoms with Crippen molar-refractivity contribution in [1.82, 2.24) is 0 Å². The summed E-state index contributed by atoms with van der Waals surface area (Å²) in [5.74, 6) is 2.45. The summed E-state index contributed by atoms with van der Waals surface area (Å²) in [6.45, 7) is 7.24. The van der Waals surface area contributed by atoms with Gasteiger partial charge in [-0.25, -0.2) is 4.99 Å². The Balaban J connectivity index is 1.72. The van der Waals surface area contributed by atoms with Crippen LogP contribution in [0.1, 0.15) is 25.0 Å². The van der Waals surface area contributed by atoms with E-state index in [2.05, 4.69) is 43.0 Å². The molecule has 2 N–H and O–H groups in total. The van der Waals surface area contributed by atoms with E-state index >= 15 is 0 Å². The molecule has 0 atom stereocenters. The van der Waals surface area contributed by atoms with Gasteiger partial charge in [-0.2, -0.15) is 0 Å². The highest BCUT2D eigenvalue weighted by Gasteiger charge is 2.26. The third kappa shape index (κ3) is 3.30. The Labute approximate surface area is 160 Å². The fourth-order valence-electron chi connectivity index (χ4n) is 3.56. The number of rotatable bonds is 6. The maximum Gasteiger partial charge on any atom is 0.155 e. The molecule has 1 aliphatic carbocycles. The van der Waals surface area contributed by atoms with E-state index < -0.39 is 0 Å². The standard InChI is InChI=1S/C22H25N3O2/c1-3-25(4-2)16-7-9-19-21(13-16)27-20-10-6-15-5-8-17(26-12-11-23)14-18(15)22(20)24-19/h5,7-10,13-14H,3-4,6,11-12,23H2,1-2H3. The first-order valence-corrected chi connectivity index (χ1v) is 9.55. The van der Waals surface area contributed by atoms with Crippen molar-refractivity contribution in [2.75, 3.05) is 31.1 Å². The lowest BCUT2D eigenvalue weighted by atomic mass is 9.93. The van der Waals surface area contributed by atoms with Crippen molar-refractivity contribution in [3.8, 4) is 11.5 Å². The van der Waals surface area contributed by atoms with Crippen LogP contribution < -0.4 is 20.1 Å². The molecule has 2 aliphatic rings. The molecule has 0 saturated carbocycles. The molecule has 140 valence electrons. The predicted molar refractivity (Wildman–Crippen MR) is 110 cm³/mol. The summed E-state index contributed by atoms with van der Waals surface area (Å²) in [4.78, 5) is 7.21. The lowest BCUT2D eigenvalue weighted by molar-refractivity contribution is 0.328. The number of hydrogen-bond donors (Lipinski definition) is 1. The number of allylic oxidation sites excluding steroid dienone is 2. The van der Waals surface area contributed by atoms with Gasteiger partial charge >= 0.3 is 0 Å². The molecule has 0 spiro atoms. The SMILES string of the molecule is CCN(CC)c1ccc2c(c1)OC1=CCc3ccc(OCCN)cc3C1=N2. The Bertz CT molecular complexity index is 914. The van der Waals surface area contributed by atoms with Crippen LogP contribution in [-0.4, -0.2) is 32.0 Å². The molecule has 0 saturated heterocycles. The number of ether oxygens (including phenoxy) is 2. The first kappa shape index (κ1) is 17.6. The average Bonchev–Trinajstić information content (AvgIpc) is 2.71. The van der Waals surface area contributed by atoms with E-state index in [0.29, 0.717) is 13.2 Å². The summed E-state index contributed by atoms with van der Waals surface area (Å²) in [5, 5.41) is 0. The molecular formula is C22H25N3O2. The molecule has 1 aliphatic heterocycles. The fourth-order valence-corrected chi connectivity index (χ4v) is 3.56. The van der Waals surface area contributed by atoms with Crippen LogP contribution in [0.2, 0.25) is 0 Å². The van der Waals surface area contributed by atoms with Crippen molar-refractivity contribution in [2.24, 2.45) is 10.7 Å². The summed E-state index contributed by atoms with van der Waals surface area (Å²) >= 11 is 0. The molecule has 0 radical (unpaired) electrons. The third-order valence-corrected chi connectivity index (χ3v) is 4.99. The number of aliphatic imine (C=N–C) groups is 1. The van der Waals surface area contributed by atoms with Crippen molar-refractivity contribution in [2.45, 2.75) is 20.3 Å². The van der Waals surface area contributed by atoms with Gasteiger partial charge in [-0.15, -0.1) is 0 Å². The first-order chi connectivity index (χ1) is 13.2. The first-order valence-electron chi connectivity index (χ1n) is 9.55. The average molecular weight is 363 g/mol. The van der Waals surface area contributed by atoms with Gasteiger partial charge in [-0.3, -0.25) is 0 Å². The number of hydrogen-bond acceptors (Lipinski definition) is 5. The molecule has 0 amide bonds. The maximum atomic E-state index is 6.24. The number of nitrogens with zero attached hydrogens (tertiary/aromatic N) is 2. The van der Waals surface area contributed by atoms with Crippen molar-refractivity contribution in [1.29, 1.82) is 0 Å². The summed E-state index contributed by atoms with van der Waals surface area (Å²) in [6.07, 6.45) is 2.93. The van der Waals surface area contributed by atoms with Crippen LogP contribution in [0.25, 0.3) is 0 Å². The Kier molecular flexibility index (Phi) is 4.86. The lowest BCUT2D eigenvalue weighted by Crippen LogP contribution is -2.23. The largest absolute Gasteiger partial charge is 0.492 e. The van der Waals surface area contributed by atoms with Gasteiger partial charge < -0.3 is 20.1 Å². The van der Waals surface area contributed by atoms with Crippen molar-refractivity contribution in [3.63, 3.8) is 0 Å². The van der Waals surface area contributed by atoms with Gasteiger partial charge in [-0.05, 0) is 56.2 Å². The van der Waals surface area contributed by atoms with Crippen LogP contribution in [0, 0.1) is 0 Å². The van der Waals surface area contributed by atoms with Gasteiger partial charge in [0.2, 0.25) is 0 Å². The summed E-state index contributed by atoms with van der Waals surface area (Å²) in [5.41, 5.74) is 10.7. The number of nitrogens with two attached hydrogens (primary N) is 1. The van der Waals surface area contributed by atoms with E-state index in [4.69, 9.17) is 20.2 Å². The van der Waals surface area contributed by atoms with Gasteiger partial charge in [0.25, 0.3) is 0 Å². The zero-order chi connectivity index (χ0) is 18.8. The van der Waals surface area contributed by atoms with E-state index in [0.717, 1.165) is 59.4 Å². The molecule has 0 aromatic heterocycles. The minimum Gasteiger partial charge on any atom is -0.492 e. The molecular weight excluding hydrogens is 338 g/mol. The van der Waals surface area contributed by atoms with Crippen LogP contribution in [-0.2, 0) is 6.42 Å². The van der Waals surface area contributed by atoms with E-state index in [1.807, 2.05) is 18.2 Å². The molecule has 2 aromatic rings. The van der Waals surface area contributed by atoms with Crippen molar-refractivity contribution >= 4 is 17.1 Å². The minimum absolute atomic E-state index is 0.495. The zero-order valence-electron chi connectivity index (χ0n) is 15.9. The molecule has 0 bridgehead atoms. The predicted octanol–water partition coefficient (Wildman–Crippen LogP) is 3.82. The molecule has 2 aromatic carbocycles. The third-order valence-electron chi connectivity index (χ3n) is 4.99. The second kappa shape index (κ2) is 7.45. The highest BCUT2D eigenvalue weighted by molar-refractivity contribution is 6.15. The van der Waals surface area contributed by atoms with E-state index in [-0.39, 0.29) is 0 Å². The van der Waals surface area contributed by atoms with Crippen molar-refractivity contribution < 1.29 is 9.47 Å². The highest BCUT2D eigenvalue weighted by atomic mass is 16.5. The van der Waals surface area contributed by atoms with Crippen LogP contribution in [0.3, 0.4) is 0 Å². The van der Waals surface area contributed by atoms with Gasteiger partial charge in [0.1, 0.15) is 29.5 Å². The number of benzene rings is 2. The quantitative estimate of drug-likeness (QED) is 0.847. The molecule has 4 rings (SSSR count). The van der Waals surface area contributed by atoms with Crippen LogP contribution in [0.15, 0.2) is 53.2 Å². The zero-order valence-corrected chi connectivity index (χ0v) is 15.9.